The van der Waals surface area contributed by atoms with Gasteiger partial charge in [-0.25, -0.2) is 4.39 Å². The largest absolute Gasteiger partial charge is 0.264 e. The summed E-state index contributed by atoms with van der Waals surface area (Å²) in [6, 6.07) is 3.00. The van der Waals surface area contributed by atoms with Crippen LogP contribution in [0.4, 0.5) is 10.1 Å². The van der Waals surface area contributed by atoms with Crippen LogP contribution in [0.1, 0.15) is 5.56 Å². The maximum atomic E-state index is 12.9. The lowest BCUT2D eigenvalue weighted by atomic mass is 10.2. The first-order valence-corrected chi connectivity index (χ1v) is 3.95. The first-order valence-electron chi connectivity index (χ1n) is 3.37. The number of rotatable bonds is 2. The highest BCUT2D eigenvalue weighted by molar-refractivity contribution is 7.27. The van der Waals surface area contributed by atoms with Gasteiger partial charge in [0.15, 0.2) is 0 Å². The Kier molecular flexibility index (Phi) is 2.72. The van der Waals surface area contributed by atoms with Crippen molar-refractivity contribution in [1.82, 2.24) is 0 Å². The van der Waals surface area contributed by atoms with Crippen molar-refractivity contribution in [3.8, 4) is 0 Å². The van der Waals surface area contributed by atoms with Crippen LogP contribution < -0.4 is 5.30 Å². The van der Waals surface area contributed by atoms with E-state index >= 15 is 0 Å². The third kappa shape index (κ3) is 1.59. The van der Waals surface area contributed by atoms with Crippen molar-refractivity contribution >= 4 is 33.0 Å². The van der Waals surface area contributed by atoms with Crippen molar-refractivity contribution in [2.24, 2.45) is 4.99 Å². The number of hydrogen-bond donors (Lipinski definition) is 0. The van der Waals surface area contributed by atoms with Crippen LogP contribution in [0.15, 0.2) is 23.7 Å². The first-order chi connectivity index (χ1) is 5.69. The Hall–Kier alpha value is -1.01. The Labute approximate surface area is 73.2 Å². The van der Waals surface area contributed by atoms with Gasteiger partial charge >= 0.3 is 0 Å². The molecule has 1 nitrogen and oxygen atoms in total. The van der Waals surface area contributed by atoms with Gasteiger partial charge in [-0.1, -0.05) is 12.7 Å². The van der Waals surface area contributed by atoms with Gasteiger partial charge in [0.1, 0.15) is 5.82 Å². The van der Waals surface area contributed by atoms with E-state index in [2.05, 4.69) is 27.5 Å². The Morgan fingerprint density at radius 2 is 2.17 bits per heavy atom. The Balaban J connectivity index is 3.37. The summed E-state index contributed by atoms with van der Waals surface area (Å²) in [6.07, 6.45) is 1.62. The van der Waals surface area contributed by atoms with E-state index in [-0.39, 0.29) is 5.82 Å². The predicted octanol–water partition coefficient (Wildman–Crippen LogP) is 2.30. The minimum atomic E-state index is -0.298. The Morgan fingerprint density at radius 3 is 2.67 bits per heavy atom. The molecule has 0 bridgehead atoms. The molecule has 0 N–H and O–H groups in total. The van der Waals surface area contributed by atoms with Crippen LogP contribution in [0, 0.1) is 5.82 Å². The smallest absolute Gasteiger partial charge is 0.132 e. The van der Waals surface area contributed by atoms with Gasteiger partial charge in [0.2, 0.25) is 0 Å². The van der Waals surface area contributed by atoms with Gasteiger partial charge in [-0.05, 0) is 12.8 Å². The summed E-state index contributed by atoms with van der Waals surface area (Å²) in [6.45, 7) is 6.93. The Morgan fingerprint density at radius 1 is 1.50 bits per heavy atom. The lowest BCUT2D eigenvalue weighted by Gasteiger charge is -2.02. The van der Waals surface area contributed by atoms with Crippen LogP contribution in [0.3, 0.4) is 0 Å². The van der Waals surface area contributed by atoms with Crippen molar-refractivity contribution < 1.29 is 4.39 Å². The van der Waals surface area contributed by atoms with Crippen LogP contribution in [0.25, 0.3) is 6.08 Å². The molecule has 0 saturated heterocycles. The molecule has 1 unspecified atom stereocenters. The average molecular weight is 181 g/mol. The highest BCUT2D eigenvalue weighted by Gasteiger charge is 2.02. The van der Waals surface area contributed by atoms with Crippen molar-refractivity contribution in [3.63, 3.8) is 0 Å². The molecule has 0 aliphatic rings. The second-order valence-electron chi connectivity index (χ2n) is 2.29. The molecule has 0 aromatic heterocycles. The second-order valence-corrected chi connectivity index (χ2v) is 2.92. The van der Waals surface area contributed by atoms with E-state index in [1.165, 1.54) is 6.07 Å². The van der Waals surface area contributed by atoms with Gasteiger partial charge in [-0.2, -0.15) is 0 Å². The fourth-order valence-electron chi connectivity index (χ4n) is 0.898. The monoisotopic (exact) mass is 181 g/mol. The van der Waals surface area contributed by atoms with Crippen LogP contribution >= 0.6 is 9.24 Å². The van der Waals surface area contributed by atoms with E-state index in [4.69, 9.17) is 0 Å². The topological polar surface area (TPSA) is 12.4 Å². The maximum absolute atomic E-state index is 12.9. The third-order valence-electron chi connectivity index (χ3n) is 1.54. The van der Waals surface area contributed by atoms with Crippen LogP contribution in [-0.4, -0.2) is 6.72 Å². The summed E-state index contributed by atoms with van der Waals surface area (Å²) < 4.78 is 12.9. The van der Waals surface area contributed by atoms with Crippen molar-refractivity contribution in [1.29, 1.82) is 0 Å². The molecule has 1 rings (SSSR count). The summed E-state index contributed by atoms with van der Waals surface area (Å²) in [4.78, 5) is 3.67. The molecule has 3 heteroatoms. The zero-order valence-corrected chi connectivity index (χ0v) is 7.70. The van der Waals surface area contributed by atoms with E-state index in [0.717, 1.165) is 5.56 Å². The van der Waals surface area contributed by atoms with Crippen LogP contribution in [0.5, 0.6) is 0 Å². The molecule has 1 atom stereocenters. The van der Waals surface area contributed by atoms with E-state index in [1.54, 1.807) is 12.1 Å². The zero-order valence-electron chi connectivity index (χ0n) is 6.55. The van der Waals surface area contributed by atoms with E-state index in [0.29, 0.717) is 11.0 Å². The molecule has 12 heavy (non-hydrogen) atoms. The highest BCUT2D eigenvalue weighted by Crippen LogP contribution is 2.20. The lowest BCUT2D eigenvalue weighted by molar-refractivity contribution is 0.637. The second kappa shape index (κ2) is 3.59. The molecule has 0 amide bonds. The molecule has 0 heterocycles. The van der Waals surface area contributed by atoms with Crippen molar-refractivity contribution in [2.45, 2.75) is 0 Å². The van der Waals surface area contributed by atoms with E-state index in [1.807, 2.05) is 0 Å². The van der Waals surface area contributed by atoms with Gasteiger partial charge in [0.25, 0.3) is 0 Å². The summed E-state index contributed by atoms with van der Waals surface area (Å²) in [5.74, 6) is -0.298. The molecule has 0 aliphatic carbocycles. The minimum Gasteiger partial charge on any atom is -0.264 e. The third-order valence-corrected chi connectivity index (χ3v) is 1.98. The van der Waals surface area contributed by atoms with Crippen molar-refractivity contribution in [3.05, 3.63) is 30.1 Å². The average Bonchev–Trinajstić information content (AvgIpc) is 2.09. The van der Waals surface area contributed by atoms with Gasteiger partial charge < -0.3 is 0 Å². The summed E-state index contributed by atoms with van der Waals surface area (Å²) >= 11 is 0. The zero-order chi connectivity index (χ0) is 9.14. The van der Waals surface area contributed by atoms with Crippen LogP contribution in [0.2, 0.25) is 0 Å². The summed E-state index contributed by atoms with van der Waals surface area (Å²) in [7, 11) is 2.31. The number of nitrogens with zero attached hydrogens (tertiary/aromatic N) is 1. The molecule has 0 saturated carbocycles. The molecule has 1 aromatic carbocycles. The summed E-state index contributed by atoms with van der Waals surface area (Å²) in [5, 5.41) is 0.511. The maximum Gasteiger partial charge on any atom is 0.132 e. The van der Waals surface area contributed by atoms with E-state index < -0.39 is 0 Å². The van der Waals surface area contributed by atoms with Gasteiger partial charge in [-0.15, -0.1) is 9.24 Å². The lowest BCUT2D eigenvalue weighted by Crippen LogP contribution is -1.98. The fourth-order valence-corrected chi connectivity index (χ4v) is 1.16. The number of hydrogen-bond acceptors (Lipinski definition) is 1. The highest BCUT2D eigenvalue weighted by atomic mass is 31.0. The normalized spacial score (nSPS) is 9.50. The fraction of sp³-hybridized carbons (Fsp3) is 0. The molecular weight excluding hydrogens is 172 g/mol. The van der Waals surface area contributed by atoms with E-state index in [9.17, 15) is 4.39 Å². The SMILES string of the molecule is C=Cc1cc(P)c(F)cc1N=C. The molecular formula is C9H9FNP. The molecule has 0 fully saturated rings. The molecule has 0 spiro atoms. The minimum absolute atomic E-state index is 0.298. The number of aliphatic imine (C=N–C) groups is 1. The quantitative estimate of drug-likeness (QED) is 0.490. The predicted molar refractivity (Wildman–Crippen MR) is 55.0 cm³/mol. The van der Waals surface area contributed by atoms with Gasteiger partial charge in [-0.3, -0.25) is 4.99 Å². The van der Waals surface area contributed by atoms with Gasteiger partial charge in [0, 0.05) is 16.9 Å². The van der Waals surface area contributed by atoms with Crippen LogP contribution in [-0.2, 0) is 0 Å². The molecule has 1 aromatic rings. The molecule has 0 aliphatic heterocycles. The summed E-state index contributed by atoms with van der Waals surface area (Å²) in [5.41, 5.74) is 1.31. The molecule has 62 valence electrons. The number of halogens is 1. The molecule has 0 radical (unpaired) electrons. The Bertz CT molecular complexity index is 301. The standard InChI is InChI=1S/C9H9FNP/c1-3-6-4-9(12)7(10)5-8(6)11-2/h3-5H,1-2,12H2. The number of benzene rings is 1. The van der Waals surface area contributed by atoms with Crippen molar-refractivity contribution in [2.75, 3.05) is 0 Å². The van der Waals surface area contributed by atoms with Gasteiger partial charge in [0.05, 0.1) is 5.69 Å². The first kappa shape index (κ1) is 9.08.